The van der Waals surface area contributed by atoms with Crippen LogP contribution in [-0.2, 0) is 0 Å². The largest absolute Gasteiger partial charge is 0.489 e. The normalized spacial score (nSPS) is 12.5. The summed E-state index contributed by atoms with van der Waals surface area (Å²) in [6, 6.07) is 7.69. The minimum absolute atomic E-state index is 0.0451. The van der Waals surface area contributed by atoms with Gasteiger partial charge < -0.3 is 9.84 Å². The van der Waals surface area contributed by atoms with Gasteiger partial charge in [-0.3, -0.25) is 0 Å². The van der Waals surface area contributed by atoms with Crippen molar-refractivity contribution >= 4 is 15.9 Å². The second-order valence-electron chi connectivity index (χ2n) is 2.87. The van der Waals surface area contributed by atoms with E-state index in [1.54, 1.807) is 0 Å². The second-order valence-corrected chi connectivity index (χ2v) is 3.73. The van der Waals surface area contributed by atoms with E-state index in [1.165, 1.54) is 0 Å². The van der Waals surface area contributed by atoms with E-state index < -0.39 is 0 Å². The molecule has 0 spiro atoms. The number of ether oxygens (including phenoxy) is 1. The number of rotatable bonds is 4. The molecular formula is C10H13BrO2. The molecule has 0 bridgehead atoms. The van der Waals surface area contributed by atoms with Crippen molar-refractivity contribution in [3.63, 3.8) is 0 Å². The Kier molecular flexibility index (Phi) is 4.25. The molecule has 1 rings (SSSR count). The number of benzene rings is 1. The maximum absolute atomic E-state index is 8.69. The minimum Gasteiger partial charge on any atom is -0.489 e. The molecule has 0 aliphatic rings. The maximum Gasteiger partial charge on any atom is 0.133 e. The van der Waals surface area contributed by atoms with Crippen LogP contribution in [-0.4, -0.2) is 17.8 Å². The topological polar surface area (TPSA) is 29.5 Å². The highest BCUT2D eigenvalue weighted by molar-refractivity contribution is 9.10. The summed E-state index contributed by atoms with van der Waals surface area (Å²) in [4.78, 5) is 0. The van der Waals surface area contributed by atoms with Crippen molar-refractivity contribution in [3.8, 4) is 5.75 Å². The average molecular weight is 245 g/mol. The molecule has 0 saturated heterocycles. The third-order valence-corrected chi connectivity index (χ3v) is 2.36. The fraction of sp³-hybridized carbons (Fsp3) is 0.400. The highest BCUT2D eigenvalue weighted by atomic mass is 79.9. The Morgan fingerprint density at radius 3 is 2.77 bits per heavy atom. The molecule has 13 heavy (non-hydrogen) atoms. The van der Waals surface area contributed by atoms with E-state index in [1.807, 2.05) is 31.2 Å². The summed E-state index contributed by atoms with van der Waals surface area (Å²) < 4.78 is 6.52. The van der Waals surface area contributed by atoms with E-state index in [0.717, 1.165) is 10.2 Å². The molecule has 1 N–H and O–H groups in total. The van der Waals surface area contributed by atoms with Gasteiger partial charge in [-0.2, -0.15) is 0 Å². The smallest absolute Gasteiger partial charge is 0.133 e. The Morgan fingerprint density at radius 1 is 1.46 bits per heavy atom. The first kappa shape index (κ1) is 10.5. The molecule has 0 aromatic heterocycles. The van der Waals surface area contributed by atoms with Crippen LogP contribution in [0, 0.1) is 0 Å². The van der Waals surface area contributed by atoms with Gasteiger partial charge in [-0.1, -0.05) is 12.1 Å². The van der Waals surface area contributed by atoms with E-state index in [9.17, 15) is 0 Å². The molecule has 72 valence electrons. The van der Waals surface area contributed by atoms with E-state index in [0.29, 0.717) is 6.42 Å². The third-order valence-electron chi connectivity index (χ3n) is 1.70. The van der Waals surface area contributed by atoms with Crippen LogP contribution in [0.3, 0.4) is 0 Å². The fourth-order valence-corrected chi connectivity index (χ4v) is 1.38. The lowest BCUT2D eigenvalue weighted by Gasteiger charge is -2.14. The molecule has 0 amide bonds. The van der Waals surface area contributed by atoms with Gasteiger partial charge in [0.05, 0.1) is 10.6 Å². The van der Waals surface area contributed by atoms with Crippen LogP contribution in [0.5, 0.6) is 5.75 Å². The van der Waals surface area contributed by atoms with Gasteiger partial charge in [-0.25, -0.2) is 0 Å². The number of para-hydroxylation sites is 1. The molecular weight excluding hydrogens is 232 g/mol. The molecule has 2 nitrogen and oxygen atoms in total. The number of aliphatic hydroxyl groups excluding tert-OH is 1. The van der Waals surface area contributed by atoms with Crippen LogP contribution in [0.4, 0.5) is 0 Å². The zero-order valence-corrected chi connectivity index (χ0v) is 9.12. The number of halogens is 1. The molecule has 0 aliphatic carbocycles. The standard InChI is InChI=1S/C10H13BrO2/c1-8(6-7-12)13-10-5-3-2-4-9(10)11/h2-5,8,12H,6-7H2,1H3. The summed E-state index contributed by atoms with van der Waals surface area (Å²) in [5.74, 6) is 0.823. The van der Waals surface area contributed by atoms with Crippen molar-refractivity contribution < 1.29 is 9.84 Å². The van der Waals surface area contributed by atoms with Crippen LogP contribution in [0.25, 0.3) is 0 Å². The van der Waals surface area contributed by atoms with Crippen LogP contribution in [0.2, 0.25) is 0 Å². The summed E-state index contributed by atoms with van der Waals surface area (Å²) in [5.41, 5.74) is 0. The Balaban J connectivity index is 2.58. The van der Waals surface area contributed by atoms with Gasteiger partial charge in [0.2, 0.25) is 0 Å². The number of hydrogen-bond acceptors (Lipinski definition) is 2. The van der Waals surface area contributed by atoms with Crippen LogP contribution < -0.4 is 4.74 Å². The van der Waals surface area contributed by atoms with Gasteiger partial charge in [0, 0.05) is 13.0 Å². The summed E-state index contributed by atoms with van der Waals surface area (Å²) in [5, 5.41) is 8.69. The van der Waals surface area contributed by atoms with Crippen molar-refractivity contribution in [2.75, 3.05) is 6.61 Å². The summed E-state index contributed by atoms with van der Waals surface area (Å²) in [6.45, 7) is 2.10. The van der Waals surface area contributed by atoms with E-state index >= 15 is 0 Å². The molecule has 0 fully saturated rings. The average Bonchev–Trinajstić information content (AvgIpc) is 2.09. The SMILES string of the molecule is CC(CCO)Oc1ccccc1Br. The molecule has 0 saturated carbocycles. The van der Waals surface area contributed by atoms with E-state index in [2.05, 4.69) is 15.9 Å². The summed E-state index contributed by atoms with van der Waals surface area (Å²) >= 11 is 3.39. The highest BCUT2D eigenvalue weighted by Gasteiger charge is 2.05. The Bertz CT molecular complexity index is 263. The zero-order chi connectivity index (χ0) is 9.68. The predicted molar refractivity (Wildman–Crippen MR) is 55.9 cm³/mol. The van der Waals surface area contributed by atoms with Crippen molar-refractivity contribution in [3.05, 3.63) is 28.7 Å². The van der Waals surface area contributed by atoms with Crippen molar-refractivity contribution in [2.24, 2.45) is 0 Å². The number of aliphatic hydroxyl groups is 1. The monoisotopic (exact) mass is 244 g/mol. The lowest BCUT2D eigenvalue weighted by Crippen LogP contribution is -2.13. The number of hydrogen-bond donors (Lipinski definition) is 1. The van der Waals surface area contributed by atoms with Gasteiger partial charge in [0.15, 0.2) is 0 Å². The minimum atomic E-state index is 0.0451. The van der Waals surface area contributed by atoms with Gasteiger partial charge in [0.25, 0.3) is 0 Å². The Hall–Kier alpha value is -0.540. The molecule has 0 aliphatic heterocycles. The maximum atomic E-state index is 8.69. The Morgan fingerprint density at radius 2 is 2.15 bits per heavy atom. The van der Waals surface area contributed by atoms with Crippen LogP contribution in [0.15, 0.2) is 28.7 Å². The summed E-state index contributed by atoms with van der Waals surface area (Å²) in [7, 11) is 0. The van der Waals surface area contributed by atoms with Crippen molar-refractivity contribution in [2.45, 2.75) is 19.4 Å². The molecule has 1 atom stereocenters. The molecule has 0 heterocycles. The van der Waals surface area contributed by atoms with Crippen LogP contribution >= 0.6 is 15.9 Å². The lowest BCUT2D eigenvalue weighted by atomic mass is 10.3. The van der Waals surface area contributed by atoms with Gasteiger partial charge in [-0.05, 0) is 35.0 Å². The first-order valence-electron chi connectivity index (χ1n) is 4.26. The Labute approximate surface area is 86.7 Å². The van der Waals surface area contributed by atoms with Gasteiger partial charge >= 0.3 is 0 Å². The first-order chi connectivity index (χ1) is 6.24. The molecule has 3 heteroatoms. The second kappa shape index (κ2) is 5.25. The third kappa shape index (κ3) is 3.36. The molecule has 1 aromatic rings. The molecule has 1 aromatic carbocycles. The predicted octanol–water partition coefficient (Wildman–Crippen LogP) is 2.60. The van der Waals surface area contributed by atoms with E-state index in [4.69, 9.17) is 9.84 Å². The quantitative estimate of drug-likeness (QED) is 0.883. The summed E-state index contributed by atoms with van der Waals surface area (Å²) in [6.07, 6.45) is 0.699. The zero-order valence-electron chi connectivity index (χ0n) is 7.53. The van der Waals surface area contributed by atoms with Crippen molar-refractivity contribution in [1.82, 2.24) is 0 Å². The first-order valence-corrected chi connectivity index (χ1v) is 5.05. The highest BCUT2D eigenvalue weighted by Crippen LogP contribution is 2.25. The fourth-order valence-electron chi connectivity index (χ4n) is 0.998. The molecule has 0 radical (unpaired) electrons. The lowest BCUT2D eigenvalue weighted by molar-refractivity contribution is 0.168. The van der Waals surface area contributed by atoms with Gasteiger partial charge in [-0.15, -0.1) is 0 Å². The van der Waals surface area contributed by atoms with E-state index in [-0.39, 0.29) is 12.7 Å². The van der Waals surface area contributed by atoms with Crippen molar-refractivity contribution in [1.29, 1.82) is 0 Å². The van der Waals surface area contributed by atoms with Gasteiger partial charge in [0.1, 0.15) is 5.75 Å². The van der Waals surface area contributed by atoms with Crippen LogP contribution in [0.1, 0.15) is 13.3 Å². The molecule has 1 unspecified atom stereocenters.